The van der Waals surface area contributed by atoms with Crippen LogP contribution in [0, 0.1) is 0 Å². The smallest absolute Gasteiger partial charge is 0.246 e. The quantitative estimate of drug-likeness (QED) is 0.386. The number of carbonyl (C=O) groups is 1. The summed E-state index contributed by atoms with van der Waals surface area (Å²) in [6.45, 7) is 1.04. The second kappa shape index (κ2) is 9.49. The average Bonchev–Trinajstić information content (AvgIpc) is 3.47. The Balaban J connectivity index is 1.18. The van der Waals surface area contributed by atoms with Crippen LogP contribution < -0.4 is 14.2 Å². The highest BCUT2D eigenvalue weighted by atomic mass is 16.5. The number of para-hydroxylation sites is 2. The number of imidazole rings is 1. The molecule has 1 fully saturated rings. The van der Waals surface area contributed by atoms with Gasteiger partial charge in [-0.15, -0.1) is 0 Å². The number of aromatic nitrogens is 4. The minimum absolute atomic E-state index is 0.0189. The number of aromatic amines is 1. The number of nitrogens with one attached hydrogen (secondary N) is 1. The maximum atomic E-state index is 12.6. The summed E-state index contributed by atoms with van der Waals surface area (Å²) in [5, 5.41) is 4.08. The van der Waals surface area contributed by atoms with Crippen molar-refractivity contribution in [2.45, 2.75) is 12.3 Å². The summed E-state index contributed by atoms with van der Waals surface area (Å²) in [7, 11) is 4.65. The molecule has 10 heteroatoms. The average molecular weight is 476 g/mol. The molecular weight excluding hydrogens is 450 g/mol. The van der Waals surface area contributed by atoms with Crippen LogP contribution in [-0.4, -0.2) is 65.3 Å². The van der Waals surface area contributed by atoms with E-state index in [0.717, 1.165) is 22.4 Å². The Labute approximate surface area is 201 Å². The Kier molecular flexibility index (Phi) is 6.09. The van der Waals surface area contributed by atoms with Crippen LogP contribution in [0.1, 0.15) is 29.0 Å². The van der Waals surface area contributed by atoms with Gasteiger partial charge in [-0.05, 0) is 35.9 Å². The highest BCUT2D eigenvalue weighted by molar-refractivity contribution is 5.92. The zero-order valence-corrected chi connectivity index (χ0v) is 19.6. The molecule has 2 aromatic heterocycles. The molecule has 0 saturated carbocycles. The fraction of sp³-hybridized carbons (Fsp3) is 0.280. The molecule has 35 heavy (non-hydrogen) atoms. The number of methoxy groups -OCH3 is 3. The molecule has 10 nitrogen and oxygen atoms in total. The maximum Gasteiger partial charge on any atom is 0.246 e. The minimum Gasteiger partial charge on any atom is -0.493 e. The zero-order valence-electron chi connectivity index (χ0n) is 19.6. The molecular formula is C25H25N5O5. The fourth-order valence-electron chi connectivity index (χ4n) is 4.03. The number of amides is 1. The van der Waals surface area contributed by atoms with E-state index in [1.807, 2.05) is 24.3 Å². The van der Waals surface area contributed by atoms with E-state index in [0.29, 0.717) is 48.5 Å². The van der Waals surface area contributed by atoms with Crippen LogP contribution in [-0.2, 0) is 11.2 Å². The first-order chi connectivity index (χ1) is 17.1. The third kappa shape index (κ3) is 4.54. The molecule has 1 N–H and O–H groups in total. The number of benzene rings is 2. The number of fused-ring (bicyclic) bond motifs is 1. The topological polar surface area (TPSA) is 116 Å². The van der Waals surface area contributed by atoms with Crippen molar-refractivity contribution in [2.75, 3.05) is 34.4 Å². The molecule has 1 aliphatic rings. The lowest BCUT2D eigenvalue weighted by atomic mass is 10.00. The number of nitrogens with zero attached hydrogens (tertiary/aromatic N) is 4. The Morgan fingerprint density at radius 2 is 1.86 bits per heavy atom. The molecule has 0 unspecified atom stereocenters. The second-order valence-electron chi connectivity index (χ2n) is 8.16. The van der Waals surface area contributed by atoms with Crippen molar-refractivity contribution in [3.05, 3.63) is 65.6 Å². The summed E-state index contributed by atoms with van der Waals surface area (Å²) in [6.07, 6.45) is 3.70. The molecule has 3 heterocycles. The molecule has 0 atom stereocenters. The highest BCUT2D eigenvalue weighted by Gasteiger charge is 2.34. The number of H-pyrrole nitrogens is 1. The van der Waals surface area contributed by atoms with Gasteiger partial charge in [0.05, 0.1) is 44.7 Å². The van der Waals surface area contributed by atoms with E-state index in [1.165, 1.54) is 6.08 Å². The Morgan fingerprint density at radius 3 is 2.54 bits per heavy atom. The molecule has 4 aromatic rings. The van der Waals surface area contributed by atoms with Crippen molar-refractivity contribution in [1.29, 1.82) is 0 Å². The fourth-order valence-corrected chi connectivity index (χ4v) is 4.03. The SMILES string of the molecule is COc1cc(/C=C/C(=O)N2CC(c3nc(Cc4nc5ccccc5[nH]4)no3)C2)cc(OC)c1OC. The normalized spacial score (nSPS) is 13.9. The van der Waals surface area contributed by atoms with Gasteiger partial charge in [-0.3, -0.25) is 4.79 Å². The molecule has 0 spiro atoms. The van der Waals surface area contributed by atoms with Gasteiger partial charge in [0.1, 0.15) is 5.82 Å². The number of hydrogen-bond acceptors (Lipinski definition) is 8. The molecule has 180 valence electrons. The molecule has 0 aliphatic carbocycles. The predicted molar refractivity (Wildman–Crippen MR) is 128 cm³/mol. The van der Waals surface area contributed by atoms with Gasteiger partial charge in [0.25, 0.3) is 0 Å². The monoisotopic (exact) mass is 475 g/mol. The molecule has 2 aromatic carbocycles. The standard InChI is InChI=1S/C25H25N5O5/c1-32-19-10-15(11-20(33-2)24(19)34-3)8-9-23(31)30-13-16(14-30)25-28-22(29-35-25)12-21-26-17-6-4-5-7-18(17)27-21/h4-11,16H,12-14H2,1-3H3,(H,26,27)/b9-8+. The Bertz CT molecular complexity index is 1330. The van der Waals surface area contributed by atoms with Gasteiger partial charge in [-0.1, -0.05) is 17.3 Å². The number of likely N-dealkylation sites (tertiary alicyclic amines) is 1. The largest absolute Gasteiger partial charge is 0.493 e. The number of ether oxygens (including phenoxy) is 3. The van der Waals surface area contributed by atoms with Crippen molar-refractivity contribution in [3.63, 3.8) is 0 Å². The van der Waals surface area contributed by atoms with Gasteiger partial charge in [0.2, 0.25) is 17.5 Å². The minimum atomic E-state index is -0.1000. The van der Waals surface area contributed by atoms with E-state index < -0.39 is 0 Å². The summed E-state index contributed by atoms with van der Waals surface area (Å²) >= 11 is 0. The first-order valence-corrected chi connectivity index (χ1v) is 11.1. The van der Waals surface area contributed by atoms with E-state index in [4.69, 9.17) is 18.7 Å². The molecule has 1 amide bonds. The lowest BCUT2D eigenvalue weighted by Gasteiger charge is -2.36. The van der Waals surface area contributed by atoms with Crippen LogP contribution in [0.5, 0.6) is 17.2 Å². The van der Waals surface area contributed by atoms with Crippen molar-refractivity contribution >= 4 is 23.0 Å². The summed E-state index contributed by atoms with van der Waals surface area (Å²) < 4.78 is 21.5. The van der Waals surface area contributed by atoms with Crippen molar-refractivity contribution < 1.29 is 23.5 Å². The van der Waals surface area contributed by atoms with E-state index >= 15 is 0 Å². The van der Waals surface area contributed by atoms with Crippen LogP contribution in [0.15, 0.2) is 47.0 Å². The number of hydrogen-bond donors (Lipinski definition) is 1. The third-order valence-corrected chi connectivity index (χ3v) is 5.90. The summed E-state index contributed by atoms with van der Waals surface area (Å²) in [4.78, 5) is 26.7. The maximum absolute atomic E-state index is 12.6. The second-order valence-corrected chi connectivity index (χ2v) is 8.16. The molecule has 0 radical (unpaired) electrons. The van der Waals surface area contributed by atoms with Crippen LogP contribution >= 0.6 is 0 Å². The molecule has 1 saturated heterocycles. The predicted octanol–water partition coefficient (Wildman–Crippen LogP) is 3.20. The summed E-state index contributed by atoms with van der Waals surface area (Å²) in [5.41, 5.74) is 2.63. The zero-order chi connectivity index (χ0) is 24.4. The van der Waals surface area contributed by atoms with Crippen molar-refractivity contribution in [1.82, 2.24) is 25.0 Å². The van der Waals surface area contributed by atoms with Crippen molar-refractivity contribution in [2.24, 2.45) is 0 Å². The lowest BCUT2D eigenvalue weighted by Crippen LogP contribution is -2.47. The van der Waals surface area contributed by atoms with E-state index in [-0.39, 0.29) is 11.8 Å². The summed E-state index contributed by atoms with van der Waals surface area (Å²) in [5.74, 6) is 3.35. The van der Waals surface area contributed by atoms with Gasteiger partial charge in [0, 0.05) is 19.2 Å². The third-order valence-electron chi connectivity index (χ3n) is 5.90. The summed E-state index contributed by atoms with van der Waals surface area (Å²) in [6, 6.07) is 11.4. The van der Waals surface area contributed by atoms with Gasteiger partial charge in [-0.25, -0.2) is 4.98 Å². The van der Waals surface area contributed by atoms with Gasteiger partial charge < -0.3 is 28.6 Å². The number of carbonyl (C=O) groups excluding carboxylic acids is 1. The highest BCUT2D eigenvalue weighted by Crippen LogP contribution is 2.38. The van der Waals surface area contributed by atoms with Gasteiger partial charge >= 0.3 is 0 Å². The van der Waals surface area contributed by atoms with Crippen LogP contribution in [0.25, 0.3) is 17.1 Å². The number of rotatable bonds is 8. The van der Waals surface area contributed by atoms with Crippen LogP contribution in [0.4, 0.5) is 0 Å². The molecule has 1 aliphatic heterocycles. The Hall–Kier alpha value is -4.34. The first kappa shape index (κ1) is 22.5. The van der Waals surface area contributed by atoms with Crippen molar-refractivity contribution in [3.8, 4) is 17.2 Å². The first-order valence-electron chi connectivity index (χ1n) is 11.1. The Morgan fingerprint density at radius 1 is 1.11 bits per heavy atom. The van der Waals surface area contributed by atoms with Gasteiger partial charge in [-0.2, -0.15) is 4.98 Å². The van der Waals surface area contributed by atoms with E-state index in [2.05, 4.69) is 20.1 Å². The van der Waals surface area contributed by atoms with Crippen LogP contribution in [0.2, 0.25) is 0 Å². The lowest BCUT2D eigenvalue weighted by molar-refractivity contribution is -0.130. The van der Waals surface area contributed by atoms with E-state index in [9.17, 15) is 4.79 Å². The van der Waals surface area contributed by atoms with Gasteiger partial charge in [0.15, 0.2) is 17.3 Å². The molecule has 0 bridgehead atoms. The van der Waals surface area contributed by atoms with E-state index in [1.54, 1.807) is 44.4 Å². The van der Waals surface area contributed by atoms with Crippen LogP contribution in [0.3, 0.4) is 0 Å². The molecule has 5 rings (SSSR count).